The third-order valence-corrected chi connectivity index (χ3v) is 7.49. The number of ether oxygens (including phenoxy) is 3. The third kappa shape index (κ3) is 10.9. The zero-order chi connectivity index (χ0) is 26.7. The highest BCUT2D eigenvalue weighted by atomic mass is 16.6. The molecule has 1 aliphatic heterocycles. The van der Waals surface area contributed by atoms with E-state index in [0.29, 0.717) is 25.0 Å². The first kappa shape index (κ1) is 29.3. The molecule has 7 nitrogen and oxygen atoms in total. The summed E-state index contributed by atoms with van der Waals surface area (Å²) in [5.74, 6) is 2.68. The fourth-order valence-corrected chi connectivity index (χ4v) is 5.35. The van der Waals surface area contributed by atoms with Crippen molar-refractivity contribution in [2.45, 2.75) is 84.8 Å². The molecule has 1 unspecified atom stereocenters. The lowest BCUT2D eigenvalue weighted by molar-refractivity contribution is 0.0113. The van der Waals surface area contributed by atoms with Gasteiger partial charge in [-0.1, -0.05) is 50.1 Å². The van der Waals surface area contributed by atoms with Gasteiger partial charge in [0, 0.05) is 32.8 Å². The van der Waals surface area contributed by atoms with Gasteiger partial charge in [0.1, 0.15) is 12.2 Å². The molecule has 1 saturated heterocycles. The van der Waals surface area contributed by atoms with E-state index in [1.54, 1.807) is 0 Å². The second kappa shape index (κ2) is 14.6. The Balaban J connectivity index is 1.24. The van der Waals surface area contributed by atoms with Gasteiger partial charge in [-0.3, -0.25) is 0 Å². The first-order valence-corrected chi connectivity index (χ1v) is 14.3. The van der Waals surface area contributed by atoms with Gasteiger partial charge in [0.2, 0.25) is 0 Å². The molecular formula is C30H48N2O5. The molecule has 3 rings (SSSR count). The summed E-state index contributed by atoms with van der Waals surface area (Å²) in [5, 5.41) is 2.93. The molecule has 1 aromatic rings. The Bertz CT molecular complexity index is 817. The van der Waals surface area contributed by atoms with E-state index in [0.717, 1.165) is 69.4 Å². The number of nitrogens with one attached hydrogen (secondary N) is 1. The molecule has 2 amide bonds. The van der Waals surface area contributed by atoms with Crippen LogP contribution in [0.3, 0.4) is 0 Å². The number of piperidine rings is 1. The van der Waals surface area contributed by atoms with Crippen LogP contribution in [-0.4, -0.2) is 55.5 Å². The standard InChI is InChI=1S/C30H48N2O5/c1-5-9-25(12-16-31-28(33)36-22-23-10-7-6-8-11-23)27-20-26(27)15-19-35-21-24-13-17-32(18-14-24)29(34)37-30(2,3)4/h6-8,10-11,24-27H,5,9,12-22H2,1-4H3,(H,31,33)/t25?,26-,27-/m1/s1. The highest BCUT2D eigenvalue weighted by Gasteiger charge is 2.41. The van der Waals surface area contributed by atoms with Gasteiger partial charge in [0.05, 0.1) is 0 Å². The van der Waals surface area contributed by atoms with Gasteiger partial charge < -0.3 is 24.4 Å². The predicted molar refractivity (Wildman–Crippen MR) is 145 cm³/mol. The quantitative estimate of drug-likeness (QED) is 0.307. The molecule has 1 N–H and O–H groups in total. The van der Waals surface area contributed by atoms with Crippen molar-refractivity contribution < 1.29 is 23.8 Å². The van der Waals surface area contributed by atoms with Crippen molar-refractivity contribution in [1.29, 1.82) is 0 Å². The van der Waals surface area contributed by atoms with Crippen LogP contribution in [0.25, 0.3) is 0 Å². The number of carbonyl (C=O) groups is 2. The highest BCUT2D eigenvalue weighted by Crippen LogP contribution is 2.49. The zero-order valence-electron chi connectivity index (χ0n) is 23.4. The summed E-state index contributed by atoms with van der Waals surface area (Å²) < 4.78 is 16.9. The van der Waals surface area contributed by atoms with Crippen molar-refractivity contribution in [3.8, 4) is 0 Å². The summed E-state index contributed by atoms with van der Waals surface area (Å²) >= 11 is 0. The van der Waals surface area contributed by atoms with Crippen molar-refractivity contribution in [2.24, 2.45) is 23.7 Å². The topological polar surface area (TPSA) is 77.1 Å². The molecule has 1 aromatic carbocycles. The fourth-order valence-electron chi connectivity index (χ4n) is 5.35. The largest absolute Gasteiger partial charge is 0.445 e. The molecule has 1 heterocycles. The van der Waals surface area contributed by atoms with E-state index in [1.807, 2.05) is 56.0 Å². The first-order valence-electron chi connectivity index (χ1n) is 14.3. The van der Waals surface area contributed by atoms with Gasteiger partial charge in [-0.25, -0.2) is 9.59 Å². The highest BCUT2D eigenvalue weighted by molar-refractivity contribution is 5.68. The monoisotopic (exact) mass is 516 g/mol. The summed E-state index contributed by atoms with van der Waals surface area (Å²) in [6.45, 7) is 12.0. The number of carbonyl (C=O) groups excluding carboxylic acids is 2. The van der Waals surface area contributed by atoms with E-state index in [4.69, 9.17) is 14.2 Å². The average Bonchev–Trinajstić information content (AvgIpc) is 3.64. The van der Waals surface area contributed by atoms with Crippen LogP contribution >= 0.6 is 0 Å². The SMILES string of the molecule is CCCC(CCNC(=O)OCc1ccccc1)[C@H]1C[C@H]1CCOCC1CCN(C(=O)OC(C)(C)C)CC1. The molecule has 0 radical (unpaired) electrons. The van der Waals surface area contributed by atoms with E-state index in [1.165, 1.54) is 19.3 Å². The van der Waals surface area contributed by atoms with Gasteiger partial charge in [-0.15, -0.1) is 0 Å². The summed E-state index contributed by atoms with van der Waals surface area (Å²) in [4.78, 5) is 26.1. The Labute approximate surface area is 223 Å². The molecule has 0 aromatic heterocycles. The molecule has 37 heavy (non-hydrogen) atoms. The molecular weight excluding hydrogens is 468 g/mol. The summed E-state index contributed by atoms with van der Waals surface area (Å²) in [5.41, 5.74) is 0.550. The first-order chi connectivity index (χ1) is 17.7. The van der Waals surface area contributed by atoms with Crippen LogP contribution in [0.4, 0.5) is 9.59 Å². The Morgan fingerprint density at radius 1 is 1.11 bits per heavy atom. The van der Waals surface area contributed by atoms with Gasteiger partial charge >= 0.3 is 12.2 Å². The summed E-state index contributed by atoms with van der Waals surface area (Å²) in [6.07, 6.45) is 7.20. The van der Waals surface area contributed by atoms with Crippen molar-refractivity contribution in [3.63, 3.8) is 0 Å². The Kier molecular flexibility index (Phi) is 11.6. The Hall–Kier alpha value is -2.28. The van der Waals surface area contributed by atoms with Gasteiger partial charge in [0.25, 0.3) is 0 Å². The van der Waals surface area contributed by atoms with Crippen LogP contribution in [0.5, 0.6) is 0 Å². The number of amides is 2. The maximum Gasteiger partial charge on any atom is 0.410 e. The maximum absolute atomic E-state index is 12.2. The molecule has 1 aliphatic carbocycles. The van der Waals surface area contributed by atoms with E-state index in [9.17, 15) is 9.59 Å². The number of benzene rings is 1. The van der Waals surface area contributed by atoms with Gasteiger partial charge in [-0.2, -0.15) is 0 Å². The molecule has 2 fully saturated rings. The molecule has 1 saturated carbocycles. The van der Waals surface area contributed by atoms with E-state index in [-0.39, 0.29) is 12.2 Å². The van der Waals surface area contributed by atoms with E-state index >= 15 is 0 Å². The minimum atomic E-state index is -0.446. The number of likely N-dealkylation sites (tertiary alicyclic amines) is 1. The van der Waals surface area contributed by atoms with Crippen LogP contribution in [0.2, 0.25) is 0 Å². The van der Waals surface area contributed by atoms with Crippen LogP contribution < -0.4 is 5.32 Å². The number of hydrogen-bond donors (Lipinski definition) is 1. The number of alkyl carbamates (subject to hydrolysis) is 1. The summed E-state index contributed by atoms with van der Waals surface area (Å²) in [6, 6.07) is 9.75. The molecule has 2 aliphatic rings. The lowest BCUT2D eigenvalue weighted by Gasteiger charge is -2.33. The lowest BCUT2D eigenvalue weighted by atomic mass is 9.92. The Morgan fingerprint density at radius 3 is 2.51 bits per heavy atom. The van der Waals surface area contributed by atoms with Crippen LogP contribution in [0, 0.1) is 23.7 Å². The molecule has 7 heteroatoms. The second-order valence-corrected chi connectivity index (χ2v) is 11.8. The minimum Gasteiger partial charge on any atom is -0.445 e. The summed E-state index contributed by atoms with van der Waals surface area (Å²) in [7, 11) is 0. The van der Waals surface area contributed by atoms with Crippen LogP contribution in [0.15, 0.2) is 30.3 Å². The molecule has 0 bridgehead atoms. The Morgan fingerprint density at radius 2 is 1.84 bits per heavy atom. The lowest BCUT2D eigenvalue weighted by Crippen LogP contribution is -2.42. The number of rotatable bonds is 13. The number of nitrogens with zero attached hydrogens (tertiary/aromatic N) is 1. The van der Waals surface area contributed by atoms with E-state index < -0.39 is 5.60 Å². The van der Waals surface area contributed by atoms with Crippen LogP contribution in [-0.2, 0) is 20.8 Å². The van der Waals surface area contributed by atoms with Crippen molar-refractivity contribution >= 4 is 12.2 Å². The van der Waals surface area contributed by atoms with Crippen molar-refractivity contribution in [2.75, 3.05) is 32.8 Å². The molecule has 0 spiro atoms. The zero-order valence-corrected chi connectivity index (χ0v) is 23.4. The van der Waals surface area contributed by atoms with Gasteiger partial charge in [0.15, 0.2) is 0 Å². The van der Waals surface area contributed by atoms with Gasteiger partial charge in [-0.05, 0) is 82.1 Å². The molecule has 208 valence electrons. The van der Waals surface area contributed by atoms with Crippen molar-refractivity contribution in [3.05, 3.63) is 35.9 Å². The van der Waals surface area contributed by atoms with Crippen molar-refractivity contribution in [1.82, 2.24) is 10.2 Å². The minimum absolute atomic E-state index is 0.201. The number of hydrogen-bond acceptors (Lipinski definition) is 5. The maximum atomic E-state index is 12.2. The average molecular weight is 517 g/mol. The predicted octanol–water partition coefficient (Wildman–Crippen LogP) is 6.41. The van der Waals surface area contributed by atoms with E-state index in [2.05, 4.69) is 12.2 Å². The smallest absolute Gasteiger partial charge is 0.410 e. The van der Waals surface area contributed by atoms with Crippen LogP contribution in [0.1, 0.15) is 78.2 Å². The third-order valence-electron chi connectivity index (χ3n) is 7.49. The molecule has 3 atom stereocenters. The second-order valence-electron chi connectivity index (χ2n) is 11.8. The fraction of sp³-hybridized carbons (Fsp3) is 0.733. The normalized spacial score (nSPS) is 20.8.